The van der Waals surface area contributed by atoms with Gasteiger partial charge >= 0.3 is 5.97 Å². The molecule has 0 bridgehead atoms. The van der Waals surface area contributed by atoms with Crippen LogP contribution in [0.25, 0.3) is 0 Å². The zero-order valence-electron chi connectivity index (χ0n) is 18.3. The average Bonchev–Trinajstić information content (AvgIpc) is 2.97. The van der Waals surface area contributed by atoms with E-state index in [0.717, 1.165) is 19.5 Å². The van der Waals surface area contributed by atoms with Crippen LogP contribution >= 0.6 is 0 Å². The molecule has 0 spiro atoms. The Bertz CT molecular complexity index is 598. The number of likely N-dealkylation sites (tertiary alicyclic amines) is 1. The maximum absolute atomic E-state index is 13.2. The largest absolute Gasteiger partial charge is 0.479 e. The molecular formula is C21H37N3O3. The van der Waals surface area contributed by atoms with Crippen molar-refractivity contribution in [3.8, 4) is 11.8 Å². The lowest BCUT2D eigenvalue weighted by atomic mass is 9.65. The average molecular weight is 380 g/mol. The van der Waals surface area contributed by atoms with Crippen molar-refractivity contribution >= 4 is 11.9 Å². The first kappa shape index (κ1) is 23.5. The Hall–Kier alpha value is -1.58. The number of carbonyl (C=O) groups excluding carboxylic acids is 1. The number of amides is 1. The maximum atomic E-state index is 13.2. The summed E-state index contributed by atoms with van der Waals surface area (Å²) in [5.74, 6) is 4.86. The minimum atomic E-state index is -1.25. The highest BCUT2D eigenvalue weighted by Gasteiger charge is 2.56. The molecular weight excluding hydrogens is 342 g/mol. The molecule has 0 aromatic rings. The SMILES string of the molecule is CC(C)[C@@](C(=O)O)(N(C)C(=O)[C@H]1CCN(CC#CCN(C)C)C1)C(C)(C)C. The normalized spacial score (nSPS) is 20.3. The molecule has 1 aliphatic rings. The number of likely N-dealkylation sites (N-methyl/N-ethyl adjacent to an activating group) is 1. The molecule has 1 N–H and O–H groups in total. The van der Waals surface area contributed by atoms with Gasteiger partial charge in [0.1, 0.15) is 5.54 Å². The molecule has 1 fully saturated rings. The van der Waals surface area contributed by atoms with Crippen molar-refractivity contribution in [2.45, 2.75) is 46.6 Å². The lowest BCUT2D eigenvalue weighted by Crippen LogP contribution is -2.66. The topological polar surface area (TPSA) is 64.1 Å². The Morgan fingerprint density at radius 1 is 1.19 bits per heavy atom. The first-order valence-corrected chi connectivity index (χ1v) is 9.69. The molecule has 1 saturated heterocycles. The number of carbonyl (C=O) groups is 2. The van der Waals surface area contributed by atoms with Crippen molar-refractivity contribution in [3.05, 3.63) is 0 Å². The van der Waals surface area contributed by atoms with Crippen molar-refractivity contribution in [2.75, 3.05) is 47.3 Å². The summed E-state index contributed by atoms with van der Waals surface area (Å²) in [5.41, 5.74) is -1.84. The fraction of sp³-hybridized carbons (Fsp3) is 0.810. The Morgan fingerprint density at radius 3 is 2.22 bits per heavy atom. The summed E-state index contributed by atoms with van der Waals surface area (Å²) in [6.45, 7) is 12.3. The van der Waals surface area contributed by atoms with Gasteiger partial charge in [-0.05, 0) is 38.4 Å². The smallest absolute Gasteiger partial charge is 0.330 e. The predicted octanol–water partition coefficient (Wildman–Crippen LogP) is 1.86. The first-order valence-electron chi connectivity index (χ1n) is 9.69. The van der Waals surface area contributed by atoms with Crippen LogP contribution in [0.3, 0.4) is 0 Å². The Morgan fingerprint density at radius 2 is 1.78 bits per heavy atom. The summed E-state index contributed by atoms with van der Waals surface area (Å²) in [4.78, 5) is 31.2. The van der Waals surface area contributed by atoms with Crippen LogP contribution in [0.5, 0.6) is 0 Å². The van der Waals surface area contributed by atoms with Crippen LogP contribution in [0, 0.1) is 29.1 Å². The fourth-order valence-electron chi connectivity index (χ4n) is 4.47. The van der Waals surface area contributed by atoms with Gasteiger partial charge in [-0.1, -0.05) is 46.5 Å². The summed E-state index contributed by atoms with van der Waals surface area (Å²) >= 11 is 0. The van der Waals surface area contributed by atoms with E-state index < -0.39 is 16.9 Å². The van der Waals surface area contributed by atoms with E-state index in [1.54, 1.807) is 7.05 Å². The molecule has 6 heteroatoms. The molecule has 0 aliphatic carbocycles. The van der Waals surface area contributed by atoms with E-state index in [1.165, 1.54) is 4.90 Å². The van der Waals surface area contributed by atoms with Gasteiger partial charge in [0.15, 0.2) is 0 Å². The van der Waals surface area contributed by atoms with E-state index in [0.29, 0.717) is 13.1 Å². The van der Waals surface area contributed by atoms with Gasteiger partial charge in [0.2, 0.25) is 5.91 Å². The molecule has 2 atom stereocenters. The van der Waals surface area contributed by atoms with Gasteiger partial charge in [0.25, 0.3) is 0 Å². The van der Waals surface area contributed by atoms with Crippen molar-refractivity contribution in [1.82, 2.24) is 14.7 Å². The van der Waals surface area contributed by atoms with Crippen molar-refractivity contribution in [2.24, 2.45) is 17.3 Å². The van der Waals surface area contributed by atoms with Crippen LogP contribution in [0.4, 0.5) is 0 Å². The van der Waals surface area contributed by atoms with Gasteiger partial charge in [-0.2, -0.15) is 0 Å². The molecule has 1 amide bonds. The molecule has 0 saturated carbocycles. The molecule has 6 nitrogen and oxygen atoms in total. The van der Waals surface area contributed by atoms with Gasteiger partial charge in [-0.3, -0.25) is 14.6 Å². The highest BCUT2D eigenvalue weighted by molar-refractivity contribution is 5.89. The number of hydrogen-bond acceptors (Lipinski definition) is 4. The summed E-state index contributed by atoms with van der Waals surface area (Å²) in [7, 11) is 5.61. The number of hydrogen-bond donors (Lipinski definition) is 1. The standard InChI is InChI=1S/C21H37N3O3/c1-16(2)21(19(26)27,20(3,4)5)23(8)18(25)17-11-14-24(15-17)13-10-9-12-22(6)7/h16-17H,11-15H2,1-8H3,(H,26,27)/t17-,21-/m0/s1. The molecule has 154 valence electrons. The number of aliphatic carboxylic acids is 1. The van der Waals surface area contributed by atoms with E-state index in [-0.39, 0.29) is 17.7 Å². The highest BCUT2D eigenvalue weighted by Crippen LogP contribution is 2.42. The van der Waals surface area contributed by atoms with Crippen LogP contribution < -0.4 is 0 Å². The number of rotatable bonds is 6. The number of nitrogens with zero attached hydrogens (tertiary/aromatic N) is 3. The van der Waals surface area contributed by atoms with Gasteiger partial charge in [-0.25, -0.2) is 4.79 Å². The van der Waals surface area contributed by atoms with Crippen molar-refractivity contribution in [3.63, 3.8) is 0 Å². The quantitative estimate of drug-likeness (QED) is 0.714. The van der Waals surface area contributed by atoms with E-state index in [2.05, 4.69) is 16.7 Å². The number of carboxylic acid groups (broad SMARTS) is 1. The summed E-state index contributed by atoms with van der Waals surface area (Å²) < 4.78 is 0. The second-order valence-electron chi connectivity index (χ2n) is 9.19. The molecule has 0 radical (unpaired) electrons. The lowest BCUT2D eigenvalue weighted by molar-refractivity contribution is -0.173. The van der Waals surface area contributed by atoms with Crippen LogP contribution in [-0.2, 0) is 9.59 Å². The van der Waals surface area contributed by atoms with Crippen LogP contribution in [0.2, 0.25) is 0 Å². The minimum absolute atomic E-state index is 0.0789. The molecule has 27 heavy (non-hydrogen) atoms. The van der Waals surface area contributed by atoms with E-state index in [9.17, 15) is 14.7 Å². The van der Waals surface area contributed by atoms with Gasteiger partial charge in [0, 0.05) is 13.6 Å². The third kappa shape index (κ3) is 5.03. The van der Waals surface area contributed by atoms with E-state index >= 15 is 0 Å². The third-order valence-corrected chi connectivity index (χ3v) is 5.61. The predicted molar refractivity (Wildman–Crippen MR) is 108 cm³/mol. The Kier molecular flexibility index (Phi) is 7.88. The molecule has 1 aliphatic heterocycles. The molecule has 0 aromatic heterocycles. The molecule has 0 unspecified atom stereocenters. The maximum Gasteiger partial charge on any atom is 0.330 e. The van der Waals surface area contributed by atoms with Crippen LogP contribution in [0.15, 0.2) is 0 Å². The monoisotopic (exact) mass is 379 g/mol. The zero-order chi connectivity index (χ0) is 21.0. The summed E-state index contributed by atoms with van der Waals surface area (Å²) in [6, 6.07) is 0. The zero-order valence-corrected chi connectivity index (χ0v) is 18.3. The van der Waals surface area contributed by atoms with Gasteiger partial charge in [-0.15, -0.1) is 0 Å². The Balaban J connectivity index is 2.91. The van der Waals surface area contributed by atoms with Crippen molar-refractivity contribution < 1.29 is 14.7 Å². The first-order chi connectivity index (χ1) is 12.4. The third-order valence-electron chi connectivity index (χ3n) is 5.61. The van der Waals surface area contributed by atoms with E-state index in [1.807, 2.05) is 53.6 Å². The lowest BCUT2D eigenvalue weighted by Gasteiger charge is -2.50. The Labute approximate surface area is 164 Å². The van der Waals surface area contributed by atoms with Gasteiger partial charge in [0.05, 0.1) is 19.0 Å². The second kappa shape index (κ2) is 9.07. The molecule has 0 aromatic carbocycles. The minimum Gasteiger partial charge on any atom is -0.479 e. The van der Waals surface area contributed by atoms with Crippen molar-refractivity contribution in [1.29, 1.82) is 0 Å². The number of carboxylic acids is 1. The molecule has 1 heterocycles. The van der Waals surface area contributed by atoms with Crippen LogP contribution in [0.1, 0.15) is 41.0 Å². The van der Waals surface area contributed by atoms with Gasteiger partial charge < -0.3 is 10.0 Å². The van der Waals surface area contributed by atoms with Crippen LogP contribution in [-0.4, -0.2) is 84.5 Å². The second-order valence-corrected chi connectivity index (χ2v) is 9.19. The fourth-order valence-corrected chi connectivity index (χ4v) is 4.47. The summed E-state index contributed by atoms with van der Waals surface area (Å²) in [6.07, 6.45) is 0.746. The molecule has 1 rings (SSSR count). The van der Waals surface area contributed by atoms with E-state index in [4.69, 9.17) is 0 Å². The summed E-state index contributed by atoms with van der Waals surface area (Å²) in [5, 5.41) is 10.1. The highest BCUT2D eigenvalue weighted by atomic mass is 16.4.